The largest absolute Gasteiger partial charge is 0.442 e. The molecule has 3 aliphatic heterocycles. The van der Waals surface area contributed by atoms with Crippen molar-refractivity contribution in [2.24, 2.45) is 11.8 Å². The second kappa shape index (κ2) is 14.7. The van der Waals surface area contributed by atoms with Crippen LogP contribution in [0, 0.1) is 25.7 Å². The van der Waals surface area contributed by atoms with E-state index in [1.807, 2.05) is 18.7 Å². The number of piperidine rings is 2. The van der Waals surface area contributed by atoms with Crippen LogP contribution >= 0.6 is 0 Å². The summed E-state index contributed by atoms with van der Waals surface area (Å²) < 4.78 is 13.3. The quantitative estimate of drug-likeness (QED) is 0.246. The number of hydrogen-bond acceptors (Lipinski definition) is 7. The van der Waals surface area contributed by atoms with Gasteiger partial charge in [0.1, 0.15) is 11.9 Å². The summed E-state index contributed by atoms with van der Waals surface area (Å²) in [4.78, 5) is 42.3. The molecule has 0 bridgehead atoms. The first kappa shape index (κ1) is 37.2. The van der Waals surface area contributed by atoms with Crippen LogP contribution < -0.4 is 0 Å². The highest BCUT2D eigenvalue weighted by molar-refractivity contribution is 6.74. The zero-order valence-corrected chi connectivity index (χ0v) is 32.7. The Kier molecular flexibility index (Phi) is 11.4. The van der Waals surface area contributed by atoms with Gasteiger partial charge in [-0.3, -0.25) is 9.69 Å². The molecule has 5 rings (SSSR count). The maximum absolute atomic E-state index is 13.7. The van der Waals surface area contributed by atoms with Gasteiger partial charge in [-0.1, -0.05) is 40.5 Å². The van der Waals surface area contributed by atoms with Crippen molar-refractivity contribution in [1.82, 2.24) is 24.7 Å². The van der Waals surface area contributed by atoms with Gasteiger partial charge < -0.3 is 19.0 Å². The van der Waals surface area contributed by atoms with E-state index in [-0.39, 0.29) is 28.2 Å². The first-order valence-electron chi connectivity index (χ1n) is 19.1. The van der Waals surface area contributed by atoms with E-state index in [0.717, 1.165) is 115 Å². The predicted molar refractivity (Wildman–Crippen MR) is 194 cm³/mol. The second-order valence-corrected chi connectivity index (χ2v) is 22.1. The van der Waals surface area contributed by atoms with Crippen molar-refractivity contribution in [2.75, 3.05) is 39.3 Å². The SMILES string of the molecule is CCCCC1CN(C[C@H]2CC[C@H](O[Si](C)(C)C(C)(C)C)CC2)C(=O)OC12CCN(C1(C)CCN(C(=O)c3c(C)ncnc3C)CC1)CC2. The summed E-state index contributed by atoms with van der Waals surface area (Å²) in [5.74, 6) is 0.956. The molecule has 10 heteroatoms. The fourth-order valence-electron chi connectivity index (χ4n) is 8.62. The summed E-state index contributed by atoms with van der Waals surface area (Å²) in [6.45, 7) is 25.1. The molecule has 1 aromatic heterocycles. The van der Waals surface area contributed by atoms with Crippen LogP contribution in [-0.4, -0.2) is 101 Å². The number of aromatic nitrogens is 2. The standard InChI is InChI=1S/C38H65N5O4Si/c1-10-11-12-31-26-42(25-30-13-15-32(16-14-30)47-48(8,9)36(4,5)6)35(45)46-38(31)19-23-43(24-20-38)37(7)17-21-41(22-18-37)34(44)33-28(2)39-27-40-29(33)3/h27,30-32H,10-26H2,1-9H3/t30-,31?,32-. The zero-order chi connectivity index (χ0) is 34.9. The van der Waals surface area contributed by atoms with Crippen LogP contribution in [0.3, 0.4) is 0 Å². The number of unbranched alkanes of at least 4 members (excludes halogenated alkanes) is 1. The molecule has 9 nitrogen and oxygen atoms in total. The number of hydrogen-bond donors (Lipinski definition) is 0. The van der Waals surface area contributed by atoms with E-state index < -0.39 is 8.32 Å². The molecule has 4 aliphatic rings. The van der Waals surface area contributed by atoms with Crippen LogP contribution in [0.1, 0.15) is 127 Å². The van der Waals surface area contributed by atoms with Gasteiger partial charge in [-0.2, -0.15) is 0 Å². The van der Waals surface area contributed by atoms with Crippen LogP contribution in [0.5, 0.6) is 0 Å². The molecule has 1 saturated carbocycles. The topological polar surface area (TPSA) is 88.1 Å². The lowest BCUT2D eigenvalue weighted by molar-refractivity contribution is -0.134. The fourth-order valence-corrected chi connectivity index (χ4v) is 10.0. The van der Waals surface area contributed by atoms with Crippen molar-refractivity contribution in [3.63, 3.8) is 0 Å². The molecule has 0 aromatic carbocycles. The van der Waals surface area contributed by atoms with E-state index in [9.17, 15) is 9.59 Å². The minimum absolute atomic E-state index is 0.0342. The highest BCUT2D eigenvalue weighted by Gasteiger charge is 2.52. The molecular weight excluding hydrogens is 619 g/mol. The molecule has 3 saturated heterocycles. The highest BCUT2D eigenvalue weighted by Crippen LogP contribution is 2.44. The molecule has 0 N–H and O–H groups in total. The lowest BCUT2D eigenvalue weighted by Crippen LogP contribution is -2.64. The molecule has 1 atom stereocenters. The van der Waals surface area contributed by atoms with Gasteiger partial charge in [0.15, 0.2) is 8.32 Å². The molecule has 270 valence electrons. The highest BCUT2D eigenvalue weighted by atomic mass is 28.4. The fraction of sp³-hybridized carbons (Fsp3) is 0.842. The van der Waals surface area contributed by atoms with Crippen LogP contribution in [0.25, 0.3) is 0 Å². The van der Waals surface area contributed by atoms with Crippen molar-refractivity contribution < 1.29 is 18.8 Å². The molecule has 4 fully saturated rings. The monoisotopic (exact) mass is 683 g/mol. The summed E-state index contributed by atoms with van der Waals surface area (Å²) in [5.41, 5.74) is 1.82. The van der Waals surface area contributed by atoms with Gasteiger partial charge in [0.05, 0.1) is 17.0 Å². The Labute approximate surface area is 292 Å². The Hall–Kier alpha value is -2.04. The third kappa shape index (κ3) is 7.96. The van der Waals surface area contributed by atoms with Crippen LogP contribution in [0.4, 0.5) is 4.79 Å². The maximum atomic E-state index is 13.7. The number of likely N-dealkylation sites (tertiary alicyclic amines) is 2. The van der Waals surface area contributed by atoms with Gasteiger partial charge in [-0.15, -0.1) is 0 Å². The second-order valence-electron chi connectivity index (χ2n) is 17.4. The minimum Gasteiger partial charge on any atom is -0.442 e. The molecule has 4 heterocycles. The lowest BCUT2D eigenvalue weighted by Gasteiger charge is -2.55. The number of carbonyl (C=O) groups is 2. The summed E-state index contributed by atoms with van der Waals surface area (Å²) in [6, 6.07) is 0. The van der Waals surface area contributed by atoms with E-state index in [0.29, 0.717) is 23.5 Å². The van der Waals surface area contributed by atoms with E-state index in [2.05, 4.69) is 67.5 Å². The molecule has 0 radical (unpaired) electrons. The number of aryl methyl sites for hydroxylation is 2. The molecule has 1 aromatic rings. The number of amides is 2. The third-order valence-corrected chi connectivity index (χ3v) is 17.7. The van der Waals surface area contributed by atoms with Gasteiger partial charge in [0.2, 0.25) is 0 Å². The summed E-state index contributed by atoms with van der Waals surface area (Å²) in [6.07, 6.45) is 13.4. The molecule has 1 spiro atoms. The third-order valence-electron chi connectivity index (χ3n) is 13.1. The maximum Gasteiger partial charge on any atom is 0.410 e. The van der Waals surface area contributed by atoms with Crippen molar-refractivity contribution >= 4 is 20.3 Å². The van der Waals surface area contributed by atoms with Gasteiger partial charge >= 0.3 is 6.09 Å². The average Bonchev–Trinajstić information content (AvgIpc) is 3.02. The van der Waals surface area contributed by atoms with Gasteiger partial charge in [-0.25, -0.2) is 14.8 Å². The number of nitrogens with zero attached hydrogens (tertiary/aromatic N) is 5. The number of carbonyl (C=O) groups excluding carboxylic acids is 2. The first-order valence-corrected chi connectivity index (χ1v) is 22.0. The van der Waals surface area contributed by atoms with Crippen LogP contribution in [0.15, 0.2) is 6.33 Å². The smallest absolute Gasteiger partial charge is 0.410 e. The summed E-state index contributed by atoms with van der Waals surface area (Å²) in [5, 5.41) is 0.230. The van der Waals surface area contributed by atoms with Crippen molar-refractivity contribution in [3.05, 3.63) is 23.3 Å². The Morgan fingerprint density at radius 1 is 1.00 bits per heavy atom. The van der Waals surface area contributed by atoms with E-state index in [1.54, 1.807) is 0 Å². The molecule has 1 unspecified atom stereocenters. The Balaban J connectivity index is 1.15. The number of ether oxygens (including phenoxy) is 1. The molecule has 2 amide bonds. The summed E-state index contributed by atoms with van der Waals surface area (Å²) >= 11 is 0. The predicted octanol–water partition coefficient (Wildman–Crippen LogP) is 7.76. The first-order chi connectivity index (χ1) is 22.6. The van der Waals surface area contributed by atoms with Gasteiger partial charge in [0.25, 0.3) is 5.91 Å². The van der Waals surface area contributed by atoms with Crippen molar-refractivity contribution in [2.45, 2.75) is 154 Å². The van der Waals surface area contributed by atoms with Gasteiger partial charge in [-0.05, 0) is 89.8 Å². The van der Waals surface area contributed by atoms with Crippen molar-refractivity contribution in [3.8, 4) is 0 Å². The summed E-state index contributed by atoms with van der Waals surface area (Å²) in [7, 11) is -1.77. The Morgan fingerprint density at radius 2 is 1.60 bits per heavy atom. The zero-order valence-electron chi connectivity index (χ0n) is 31.7. The van der Waals surface area contributed by atoms with E-state index in [4.69, 9.17) is 9.16 Å². The molecule has 1 aliphatic carbocycles. The minimum atomic E-state index is -1.77. The van der Waals surface area contributed by atoms with Crippen LogP contribution in [0.2, 0.25) is 18.1 Å². The molecular formula is C38H65N5O4Si. The van der Waals surface area contributed by atoms with Crippen LogP contribution in [-0.2, 0) is 9.16 Å². The number of rotatable bonds is 9. The Bertz CT molecular complexity index is 1250. The van der Waals surface area contributed by atoms with E-state index in [1.165, 1.54) is 12.7 Å². The molecule has 48 heavy (non-hydrogen) atoms. The van der Waals surface area contributed by atoms with E-state index >= 15 is 0 Å². The van der Waals surface area contributed by atoms with Gasteiger partial charge in [0, 0.05) is 69.7 Å². The van der Waals surface area contributed by atoms with Crippen molar-refractivity contribution in [1.29, 1.82) is 0 Å². The lowest BCUT2D eigenvalue weighted by atomic mass is 9.74. The Morgan fingerprint density at radius 3 is 2.17 bits per heavy atom. The normalized spacial score (nSPS) is 26.9. The average molecular weight is 684 g/mol.